The Labute approximate surface area is 137 Å². The van der Waals surface area contributed by atoms with Crippen LogP contribution >= 0.6 is 0 Å². The van der Waals surface area contributed by atoms with E-state index in [-0.39, 0.29) is 5.91 Å². The molecule has 7 heteroatoms. The highest BCUT2D eigenvalue weighted by molar-refractivity contribution is 5.94. The quantitative estimate of drug-likeness (QED) is 0.603. The molecule has 0 fully saturated rings. The van der Waals surface area contributed by atoms with Crippen LogP contribution in [0, 0.1) is 0 Å². The summed E-state index contributed by atoms with van der Waals surface area (Å²) in [6.45, 7) is 0.377. The van der Waals surface area contributed by atoms with Crippen molar-refractivity contribution in [3.05, 3.63) is 72.3 Å². The summed E-state index contributed by atoms with van der Waals surface area (Å²) in [6, 6.07) is 11.1. The second-order valence-corrected chi connectivity index (χ2v) is 5.29. The molecule has 0 saturated carbocycles. The zero-order valence-electron chi connectivity index (χ0n) is 12.7. The minimum atomic E-state index is -0.138. The lowest BCUT2D eigenvalue weighted by molar-refractivity contribution is 0.0951. The average molecular weight is 318 g/mol. The van der Waals surface area contributed by atoms with Crippen LogP contribution in [-0.4, -0.2) is 30.7 Å². The molecule has 1 aromatic carbocycles. The molecule has 0 aliphatic rings. The van der Waals surface area contributed by atoms with Gasteiger partial charge in [0.05, 0.1) is 11.9 Å². The van der Waals surface area contributed by atoms with Crippen LogP contribution in [0.2, 0.25) is 0 Å². The fourth-order valence-corrected chi connectivity index (χ4v) is 2.50. The predicted molar refractivity (Wildman–Crippen MR) is 88.2 cm³/mol. The second-order valence-electron chi connectivity index (χ2n) is 5.29. The molecule has 0 unspecified atom stereocenters. The van der Waals surface area contributed by atoms with Crippen LogP contribution in [0.1, 0.15) is 15.9 Å². The van der Waals surface area contributed by atoms with E-state index >= 15 is 0 Å². The van der Waals surface area contributed by atoms with E-state index in [1.807, 2.05) is 30.5 Å². The predicted octanol–water partition coefficient (Wildman–Crippen LogP) is 2.05. The van der Waals surface area contributed by atoms with E-state index in [0.717, 1.165) is 22.5 Å². The second kappa shape index (κ2) is 5.96. The summed E-state index contributed by atoms with van der Waals surface area (Å²) in [7, 11) is 0. The number of carbonyl (C=O) groups excluding carboxylic acids is 1. The number of benzene rings is 1. The molecule has 2 N–H and O–H groups in total. The normalized spacial score (nSPS) is 10.8. The highest BCUT2D eigenvalue weighted by Crippen LogP contribution is 2.16. The number of nitrogens with one attached hydrogen (secondary N) is 2. The van der Waals surface area contributed by atoms with Gasteiger partial charge < -0.3 is 5.32 Å². The Morgan fingerprint density at radius 3 is 2.83 bits per heavy atom. The molecule has 4 aromatic rings. The van der Waals surface area contributed by atoms with E-state index in [2.05, 4.69) is 25.6 Å². The summed E-state index contributed by atoms with van der Waals surface area (Å²) in [5.41, 5.74) is 4.11. The number of fused-ring (bicyclic) bond motifs is 1. The van der Waals surface area contributed by atoms with Gasteiger partial charge in [-0.15, -0.1) is 0 Å². The van der Waals surface area contributed by atoms with Crippen molar-refractivity contribution in [1.82, 2.24) is 30.1 Å². The van der Waals surface area contributed by atoms with Gasteiger partial charge >= 0.3 is 0 Å². The van der Waals surface area contributed by atoms with Gasteiger partial charge in [-0.3, -0.25) is 9.89 Å². The number of aromatic amines is 1. The van der Waals surface area contributed by atoms with Gasteiger partial charge in [0.25, 0.3) is 5.91 Å². The monoisotopic (exact) mass is 318 g/mol. The number of rotatable bonds is 4. The zero-order chi connectivity index (χ0) is 16.4. The fraction of sp³-hybridized carbons (Fsp3) is 0.0588. The molecular weight excluding hydrogens is 304 g/mol. The molecule has 118 valence electrons. The topological polar surface area (TPSA) is 88.0 Å². The Hall–Kier alpha value is -3.48. The number of amides is 1. The Morgan fingerprint density at radius 2 is 2.04 bits per heavy atom. The number of hydrogen-bond acceptors (Lipinski definition) is 4. The summed E-state index contributed by atoms with van der Waals surface area (Å²) >= 11 is 0. The first-order valence-corrected chi connectivity index (χ1v) is 7.46. The number of H-pyrrole nitrogens is 1. The van der Waals surface area contributed by atoms with Gasteiger partial charge in [-0.1, -0.05) is 12.1 Å². The average Bonchev–Trinajstić information content (AvgIpc) is 3.30. The van der Waals surface area contributed by atoms with Crippen molar-refractivity contribution in [3.63, 3.8) is 0 Å². The molecule has 0 spiro atoms. The minimum absolute atomic E-state index is 0.138. The first-order valence-electron chi connectivity index (χ1n) is 7.46. The van der Waals surface area contributed by atoms with Crippen LogP contribution < -0.4 is 5.32 Å². The first-order chi connectivity index (χ1) is 11.8. The van der Waals surface area contributed by atoms with Gasteiger partial charge in [-0.05, 0) is 29.8 Å². The Kier molecular flexibility index (Phi) is 3.51. The molecule has 0 aliphatic carbocycles. The molecule has 0 bridgehead atoms. The van der Waals surface area contributed by atoms with Crippen molar-refractivity contribution in [2.75, 3.05) is 0 Å². The van der Waals surface area contributed by atoms with Crippen LogP contribution in [0.25, 0.3) is 16.9 Å². The van der Waals surface area contributed by atoms with Gasteiger partial charge in [-0.25, -0.2) is 9.50 Å². The van der Waals surface area contributed by atoms with Crippen molar-refractivity contribution >= 4 is 11.6 Å². The van der Waals surface area contributed by atoms with Crippen molar-refractivity contribution in [3.8, 4) is 11.3 Å². The first kappa shape index (κ1) is 14.1. The maximum Gasteiger partial charge on any atom is 0.251 e. The number of hydrogen-bond donors (Lipinski definition) is 2. The number of nitrogens with zero attached hydrogens (tertiary/aromatic N) is 4. The Bertz CT molecular complexity index is 972. The van der Waals surface area contributed by atoms with Crippen LogP contribution in [0.15, 0.2) is 61.2 Å². The molecule has 0 atom stereocenters. The standard InChI is InChI=1S/C17H14N6O/c24-17(13-4-2-12(3-5-13)15-6-8-20-22-15)19-10-14-11-21-23-9-1-7-18-16(14)23/h1-9,11H,10H2,(H,19,24)(H,20,22). The molecule has 3 heterocycles. The summed E-state index contributed by atoms with van der Waals surface area (Å²) in [5.74, 6) is -0.138. The maximum absolute atomic E-state index is 12.3. The van der Waals surface area contributed by atoms with Crippen molar-refractivity contribution in [1.29, 1.82) is 0 Å². The summed E-state index contributed by atoms with van der Waals surface area (Å²) < 4.78 is 1.68. The molecule has 7 nitrogen and oxygen atoms in total. The van der Waals surface area contributed by atoms with Crippen LogP contribution in [0.5, 0.6) is 0 Å². The Balaban J connectivity index is 1.46. The van der Waals surface area contributed by atoms with Gasteiger partial charge in [0.1, 0.15) is 0 Å². The third-order valence-corrected chi connectivity index (χ3v) is 3.75. The van der Waals surface area contributed by atoms with E-state index in [9.17, 15) is 4.79 Å². The van der Waals surface area contributed by atoms with Gasteiger partial charge in [0.15, 0.2) is 5.65 Å². The smallest absolute Gasteiger partial charge is 0.251 e. The van der Waals surface area contributed by atoms with E-state index in [1.54, 1.807) is 35.2 Å². The van der Waals surface area contributed by atoms with Crippen LogP contribution in [0.3, 0.4) is 0 Å². The summed E-state index contributed by atoms with van der Waals surface area (Å²) in [6.07, 6.45) is 6.93. The lowest BCUT2D eigenvalue weighted by Gasteiger charge is -2.05. The van der Waals surface area contributed by atoms with Crippen LogP contribution in [0.4, 0.5) is 0 Å². The van der Waals surface area contributed by atoms with Gasteiger partial charge in [0.2, 0.25) is 0 Å². The third kappa shape index (κ3) is 2.63. The molecule has 24 heavy (non-hydrogen) atoms. The summed E-state index contributed by atoms with van der Waals surface area (Å²) in [4.78, 5) is 16.6. The minimum Gasteiger partial charge on any atom is -0.348 e. The van der Waals surface area contributed by atoms with Crippen molar-refractivity contribution in [2.24, 2.45) is 0 Å². The zero-order valence-corrected chi connectivity index (χ0v) is 12.7. The van der Waals surface area contributed by atoms with Gasteiger partial charge in [0, 0.05) is 36.3 Å². The molecule has 3 aromatic heterocycles. The van der Waals surface area contributed by atoms with E-state index in [0.29, 0.717) is 12.1 Å². The summed E-state index contributed by atoms with van der Waals surface area (Å²) in [5, 5.41) is 13.9. The number of aromatic nitrogens is 5. The SMILES string of the molecule is O=C(NCc1cnn2cccnc12)c1ccc(-c2ccn[nH]2)cc1. The van der Waals surface area contributed by atoms with Crippen molar-refractivity contribution < 1.29 is 4.79 Å². The molecule has 0 radical (unpaired) electrons. The highest BCUT2D eigenvalue weighted by atomic mass is 16.1. The highest BCUT2D eigenvalue weighted by Gasteiger charge is 2.09. The van der Waals surface area contributed by atoms with E-state index in [1.165, 1.54) is 0 Å². The maximum atomic E-state index is 12.3. The van der Waals surface area contributed by atoms with Gasteiger partial charge in [-0.2, -0.15) is 10.2 Å². The van der Waals surface area contributed by atoms with Crippen LogP contribution in [-0.2, 0) is 6.54 Å². The molecular formula is C17H14N6O. The van der Waals surface area contributed by atoms with E-state index < -0.39 is 0 Å². The Morgan fingerprint density at radius 1 is 1.17 bits per heavy atom. The molecule has 0 aliphatic heterocycles. The number of carbonyl (C=O) groups is 1. The largest absolute Gasteiger partial charge is 0.348 e. The third-order valence-electron chi connectivity index (χ3n) is 3.75. The van der Waals surface area contributed by atoms with E-state index in [4.69, 9.17) is 0 Å². The molecule has 1 amide bonds. The molecule has 4 rings (SSSR count). The lowest BCUT2D eigenvalue weighted by atomic mass is 10.1. The lowest BCUT2D eigenvalue weighted by Crippen LogP contribution is -2.22. The fourth-order valence-electron chi connectivity index (χ4n) is 2.50. The van der Waals surface area contributed by atoms with Crippen molar-refractivity contribution in [2.45, 2.75) is 6.54 Å². The molecule has 0 saturated heterocycles.